The van der Waals surface area contributed by atoms with Crippen molar-refractivity contribution in [2.24, 2.45) is 0 Å². The van der Waals surface area contributed by atoms with E-state index in [2.05, 4.69) is 5.32 Å². The zero-order valence-electron chi connectivity index (χ0n) is 9.27. The van der Waals surface area contributed by atoms with E-state index in [4.69, 9.17) is 11.6 Å². The van der Waals surface area contributed by atoms with E-state index < -0.39 is 6.10 Å². The van der Waals surface area contributed by atoms with E-state index in [-0.39, 0.29) is 0 Å². The molecule has 0 aliphatic heterocycles. The Morgan fingerprint density at radius 2 is 2.12 bits per heavy atom. The van der Waals surface area contributed by atoms with Gasteiger partial charge in [0.25, 0.3) is 0 Å². The van der Waals surface area contributed by atoms with Crippen LogP contribution in [0.15, 0.2) is 41.1 Å². The summed E-state index contributed by atoms with van der Waals surface area (Å²) in [5.41, 5.74) is 2.01. The van der Waals surface area contributed by atoms with Gasteiger partial charge in [-0.1, -0.05) is 29.8 Å². The van der Waals surface area contributed by atoms with Crippen LogP contribution in [0.2, 0.25) is 5.02 Å². The fraction of sp³-hybridized carbons (Fsp3) is 0.231. The van der Waals surface area contributed by atoms with Crippen molar-refractivity contribution in [3.63, 3.8) is 0 Å². The number of benzene rings is 1. The lowest BCUT2D eigenvalue weighted by molar-refractivity contribution is 0.175. The third-order valence-corrected chi connectivity index (χ3v) is 3.61. The highest BCUT2D eigenvalue weighted by Gasteiger charge is 2.07. The largest absolute Gasteiger partial charge is 0.387 e. The summed E-state index contributed by atoms with van der Waals surface area (Å²) in [6.07, 6.45) is -0.455. The molecule has 0 radical (unpaired) electrons. The molecule has 4 heteroatoms. The van der Waals surface area contributed by atoms with Crippen molar-refractivity contribution < 1.29 is 5.11 Å². The summed E-state index contributed by atoms with van der Waals surface area (Å²) in [6.45, 7) is 1.20. The second-order valence-electron chi connectivity index (χ2n) is 3.79. The molecule has 0 spiro atoms. The number of halogens is 1. The zero-order chi connectivity index (χ0) is 12.1. The molecule has 0 amide bonds. The fourth-order valence-corrected chi connectivity index (χ4v) is 2.48. The van der Waals surface area contributed by atoms with E-state index in [1.165, 1.54) is 0 Å². The molecule has 1 aromatic heterocycles. The molecule has 2 rings (SSSR count). The predicted octanol–water partition coefficient (Wildman–Crippen LogP) is 3.22. The molecule has 0 aliphatic rings. The van der Waals surface area contributed by atoms with Crippen LogP contribution in [0.25, 0.3) is 0 Å². The summed E-state index contributed by atoms with van der Waals surface area (Å²) in [5.74, 6) is 0. The maximum Gasteiger partial charge on any atom is 0.0922 e. The SMILES string of the molecule is OC(CNCc1ccccc1Cl)c1ccsc1. The maximum absolute atomic E-state index is 9.87. The molecule has 2 nitrogen and oxygen atoms in total. The van der Waals surface area contributed by atoms with Gasteiger partial charge >= 0.3 is 0 Å². The van der Waals surface area contributed by atoms with Crippen LogP contribution in [-0.2, 0) is 6.54 Å². The van der Waals surface area contributed by atoms with E-state index in [0.717, 1.165) is 16.1 Å². The van der Waals surface area contributed by atoms with Crippen molar-refractivity contribution in [3.8, 4) is 0 Å². The third-order valence-electron chi connectivity index (χ3n) is 2.54. The number of aliphatic hydroxyl groups is 1. The molecule has 1 atom stereocenters. The number of hydrogen-bond acceptors (Lipinski definition) is 3. The van der Waals surface area contributed by atoms with E-state index in [9.17, 15) is 5.11 Å². The van der Waals surface area contributed by atoms with Gasteiger partial charge in [0, 0.05) is 18.1 Å². The Labute approximate surface area is 110 Å². The van der Waals surface area contributed by atoms with Crippen LogP contribution in [-0.4, -0.2) is 11.7 Å². The van der Waals surface area contributed by atoms with Crippen molar-refractivity contribution >= 4 is 22.9 Å². The first kappa shape index (κ1) is 12.6. The van der Waals surface area contributed by atoms with Crippen molar-refractivity contribution in [1.29, 1.82) is 0 Å². The Balaban J connectivity index is 1.82. The molecule has 0 bridgehead atoms. The minimum absolute atomic E-state index is 0.455. The second kappa shape index (κ2) is 6.17. The Morgan fingerprint density at radius 3 is 2.82 bits per heavy atom. The van der Waals surface area contributed by atoms with Crippen LogP contribution in [0, 0.1) is 0 Å². The number of rotatable bonds is 5. The van der Waals surface area contributed by atoms with Gasteiger partial charge < -0.3 is 10.4 Å². The van der Waals surface area contributed by atoms with E-state index >= 15 is 0 Å². The summed E-state index contributed by atoms with van der Waals surface area (Å²) in [5, 5.41) is 17.7. The number of thiophene rings is 1. The normalized spacial score (nSPS) is 12.6. The topological polar surface area (TPSA) is 32.3 Å². The molecule has 1 unspecified atom stereocenters. The second-order valence-corrected chi connectivity index (χ2v) is 4.98. The molecular weight excluding hydrogens is 254 g/mol. The van der Waals surface area contributed by atoms with Gasteiger partial charge in [0.2, 0.25) is 0 Å². The molecule has 2 N–H and O–H groups in total. The lowest BCUT2D eigenvalue weighted by Gasteiger charge is -2.11. The molecule has 0 saturated heterocycles. The number of aliphatic hydroxyl groups excluding tert-OH is 1. The third kappa shape index (κ3) is 3.54. The molecular formula is C13H14ClNOS. The smallest absolute Gasteiger partial charge is 0.0922 e. The lowest BCUT2D eigenvalue weighted by Crippen LogP contribution is -2.20. The quantitative estimate of drug-likeness (QED) is 0.872. The highest BCUT2D eigenvalue weighted by atomic mass is 35.5. The monoisotopic (exact) mass is 267 g/mol. The number of hydrogen-bond donors (Lipinski definition) is 2. The molecule has 0 saturated carbocycles. The maximum atomic E-state index is 9.87. The van der Waals surface area contributed by atoms with Crippen LogP contribution >= 0.6 is 22.9 Å². The standard InChI is InChI=1S/C13H14ClNOS/c14-12-4-2-1-3-10(12)7-15-8-13(16)11-5-6-17-9-11/h1-6,9,13,15-16H,7-8H2. The fourth-order valence-electron chi connectivity index (χ4n) is 1.57. The lowest BCUT2D eigenvalue weighted by atomic mass is 10.2. The molecule has 90 valence electrons. The average molecular weight is 268 g/mol. The predicted molar refractivity (Wildman–Crippen MR) is 72.4 cm³/mol. The average Bonchev–Trinajstić information content (AvgIpc) is 2.85. The van der Waals surface area contributed by atoms with Crippen LogP contribution < -0.4 is 5.32 Å². The summed E-state index contributed by atoms with van der Waals surface area (Å²) in [6, 6.07) is 9.65. The Hall–Kier alpha value is -0.870. The molecule has 2 aromatic rings. The van der Waals surface area contributed by atoms with E-state index in [1.807, 2.05) is 41.1 Å². The van der Waals surface area contributed by atoms with Crippen molar-refractivity contribution in [1.82, 2.24) is 5.32 Å². The van der Waals surface area contributed by atoms with Gasteiger partial charge in [0.15, 0.2) is 0 Å². The van der Waals surface area contributed by atoms with Gasteiger partial charge in [-0.2, -0.15) is 11.3 Å². The van der Waals surface area contributed by atoms with Gasteiger partial charge in [0.1, 0.15) is 0 Å². The Morgan fingerprint density at radius 1 is 1.29 bits per heavy atom. The van der Waals surface area contributed by atoms with Crippen LogP contribution in [0.1, 0.15) is 17.2 Å². The van der Waals surface area contributed by atoms with Gasteiger partial charge in [-0.3, -0.25) is 0 Å². The van der Waals surface area contributed by atoms with E-state index in [1.54, 1.807) is 11.3 Å². The first-order valence-electron chi connectivity index (χ1n) is 5.41. The van der Waals surface area contributed by atoms with Crippen LogP contribution in [0.4, 0.5) is 0 Å². The first-order chi connectivity index (χ1) is 8.27. The van der Waals surface area contributed by atoms with Gasteiger partial charge in [-0.25, -0.2) is 0 Å². The van der Waals surface area contributed by atoms with Crippen molar-refractivity contribution in [2.75, 3.05) is 6.54 Å². The van der Waals surface area contributed by atoms with Gasteiger partial charge in [0.05, 0.1) is 6.10 Å². The molecule has 0 fully saturated rings. The summed E-state index contributed by atoms with van der Waals surface area (Å²) in [4.78, 5) is 0. The summed E-state index contributed by atoms with van der Waals surface area (Å²) >= 11 is 7.63. The minimum atomic E-state index is -0.455. The van der Waals surface area contributed by atoms with Crippen molar-refractivity contribution in [3.05, 3.63) is 57.2 Å². The Kier molecular flexibility index (Phi) is 4.57. The van der Waals surface area contributed by atoms with E-state index in [0.29, 0.717) is 13.1 Å². The van der Waals surface area contributed by atoms with Gasteiger partial charge in [-0.15, -0.1) is 0 Å². The zero-order valence-corrected chi connectivity index (χ0v) is 10.8. The first-order valence-corrected chi connectivity index (χ1v) is 6.73. The molecule has 1 heterocycles. The van der Waals surface area contributed by atoms with Crippen LogP contribution in [0.3, 0.4) is 0 Å². The molecule has 17 heavy (non-hydrogen) atoms. The Bertz CT molecular complexity index is 458. The summed E-state index contributed by atoms with van der Waals surface area (Å²) in [7, 11) is 0. The highest BCUT2D eigenvalue weighted by molar-refractivity contribution is 7.07. The molecule has 0 aliphatic carbocycles. The van der Waals surface area contributed by atoms with Crippen LogP contribution in [0.5, 0.6) is 0 Å². The summed E-state index contributed by atoms with van der Waals surface area (Å²) < 4.78 is 0. The molecule has 1 aromatic carbocycles. The number of nitrogens with one attached hydrogen (secondary N) is 1. The van der Waals surface area contributed by atoms with Gasteiger partial charge in [-0.05, 0) is 34.0 Å². The van der Waals surface area contributed by atoms with Crippen molar-refractivity contribution in [2.45, 2.75) is 12.6 Å². The highest BCUT2D eigenvalue weighted by Crippen LogP contribution is 2.17. The minimum Gasteiger partial charge on any atom is -0.387 e.